The van der Waals surface area contributed by atoms with Crippen molar-refractivity contribution in [3.05, 3.63) is 0 Å². The molecule has 5 unspecified atom stereocenters. The molecular formula is C19H32O12P2-2. The Hall–Kier alpha value is 0.0600. The molecule has 4 aliphatic heterocycles. The van der Waals surface area contributed by atoms with E-state index in [1.807, 2.05) is 13.8 Å². The first kappa shape index (κ1) is 26.1. The lowest BCUT2D eigenvalue weighted by Crippen LogP contribution is -2.48. The highest BCUT2D eigenvalue weighted by Crippen LogP contribution is 2.73. The molecule has 12 nitrogen and oxygen atoms in total. The molecule has 5 rings (SSSR count). The van der Waals surface area contributed by atoms with E-state index >= 15 is 0 Å². The van der Waals surface area contributed by atoms with Gasteiger partial charge in [-0.25, -0.2) is 0 Å². The lowest BCUT2D eigenvalue weighted by Gasteiger charge is -2.37. The monoisotopic (exact) mass is 514 g/mol. The first-order valence-corrected chi connectivity index (χ1v) is 14.7. The van der Waals surface area contributed by atoms with Gasteiger partial charge in [0.05, 0.1) is 50.7 Å². The van der Waals surface area contributed by atoms with Crippen molar-refractivity contribution in [3.8, 4) is 0 Å². The van der Waals surface area contributed by atoms with Crippen LogP contribution in [0.5, 0.6) is 0 Å². The minimum Gasteiger partial charge on any atom is -0.779 e. The Labute approximate surface area is 193 Å². The molecule has 192 valence electrons. The van der Waals surface area contributed by atoms with Crippen molar-refractivity contribution in [2.45, 2.75) is 61.2 Å². The van der Waals surface area contributed by atoms with Crippen LogP contribution < -0.4 is 9.79 Å². The molecule has 0 radical (unpaired) electrons. The van der Waals surface area contributed by atoms with Crippen LogP contribution in [0.4, 0.5) is 0 Å². The highest BCUT2D eigenvalue weighted by Gasteiger charge is 2.90. The quantitative estimate of drug-likeness (QED) is 0.384. The van der Waals surface area contributed by atoms with Crippen LogP contribution in [-0.2, 0) is 46.6 Å². The van der Waals surface area contributed by atoms with E-state index < -0.39 is 38.1 Å². The standard InChI is InChI=1S/C10H17O6P.C9H17O6P/c1-6-7-8-9(15-6,5-14-7)10(8,4-13-2)16-17(3,11)12;1-6-7-8(15-16(3,10)11)9(14-6,4-12-2)5-13-7/h6-8H,4-5H2,1-3H3,(H,11,12);6-8H,4-5H2,1-3H3,(H,10,11)/p-2/t6-,7?,8-,9-,10?;6-,7+,8?,9-/m00/s1. The predicted molar refractivity (Wildman–Crippen MR) is 109 cm³/mol. The van der Waals surface area contributed by atoms with Gasteiger partial charge in [-0.15, -0.1) is 0 Å². The van der Waals surface area contributed by atoms with E-state index in [2.05, 4.69) is 0 Å². The zero-order chi connectivity index (χ0) is 24.4. The summed E-state index contributed by atoms with van der Waals surface area (Å²) < 4.78 is 65.8. The maximum atomic E-state index is 11.4. The van der Waals surface area contributed by atoms with Gasteiger partial charge < -0.3 is 56.4 Å². The summed E-state index contributed by atoms with van der Waals surface area (Å²) in [5, 5.41) is 0. The van der Waals surface area contributed by atoms with Crippen molar-refractivity contribution in [1.82, 2.24) is 0 Å². The highest BCUT2D eigenvalue weighted by atomic mass is 31.2. The summed E-state index contributed by atoms with van der Waals surface area (Å²) in [5.41, 5.74) is -2.28. The maximum absolute atomic E-state index is 11.4. The van der Waals surface area contributed by atoms with Gasteiger partial charge in [0.15, 0.2) is 0 Å². The Morgan fingerprint density at radius 1 is 0.909 bits per heavy atom. The number of hydrogen-bond donors (Lipinski definition) is 0. The van der Waals surface area contributed by atoms with E-state index in [1.165, 1.54) is 14.2 Å². The summed E-state index contributed by atoms with van der Waals surface area (Å²) in [4.78, 5) is 22.6. The third-order valence-electron chi connectivity index (χ3n) is 6.92. The molecular weight excluding hydrogens is 482 g/mol. The average Bonchev–Trinajstić information content (AvgIpc) is 3.12. The minimum absolute atomic E-state index is 0.00905. The lowest BCUT2D eigenvalue weighted by molar-refractivity contribution is -0.227. The van der Waals surface area contributed by atoms with Crippen LogP contribution in [-0.4, -0.2) is 101 Å². The molecule has 4 bridgehead atoms. The topological polar surface area (TPSA) is 154 Å². The molecule has 0 spiro atoms. The number of hydrogen-bond acceptors (Lipinski definition) is 12. The minimum atomic E-state index is -3.83. The Kier molecular flexibility index (Phi) is 6.79. The fourth-order valence-corrected chi connectivity index (χ4v) is 7.56. The van der Waals surface area contributed by atoms with Crippen LogP contribution in [0.15, 0.2) is 0 Å². The second-order valence-electron chi connectivity index (χ2n) is 9.54. The van der Waals surface area contributed by atoms with Gasteiger partial charge in [0, 0.05) is 27.5 Å². The van der Waals surface area contributed by atoms with Gasteiger partial charge in [-0.3, -0.25) is 0 Å². The van der Waals surface area contributed by atoms with E-state index in [1.54, 1.807) is 0 Å². The fourth-order valence-electron chi connectivity index (χ4n) is 5.92. The van der Waals surface area contributed by atoms with Crippen molar-refractivity contribution in [3.63, 3.8) is 0 Å². The molecule has 1 saturated carbocycles. The summed E-state index contributed by atoms with van der Waals surface area (Å²) in [5.74, 6) is -0.0350. The molecule has 14 heteroatoms. The summed E-state index contributed by atoms with van der Waals surface area (Å²) in [6, 6.07) is 0. The van der Waals surface area contributed by atoms with Crippen LogP contribution in [0, 0.1) is 5.92 Å². The van der Waals surface area contributed by atoms with Crippen LogP contribution in [0.2, 0.25) is 0 Å². The fraction of sp³-hybridized carbons (Fsp3) is 1.00. The summed E-state index contributed by atoms with van der Waals surface area (Å²) in [6.45, 7) is 7.06. The second kappa shape index (κ2) is 8.57. The average molecular weight is 514 g/mol. The van der Waals surface area contributed by atoms with E-state index in [0.717, 1.165) is 13.3 Å². The van der Waals surface area contributed by atoms with E-state index in [0.29, 0.717) is 13.2 Å². The first-order chi connectivity index (χ1) is 15.2. The van der Waals surface area contributed by atoms with Crippen LogP contribution in [0.3, 0.4) is 0 Å². The molecule has 0 aromatic heterocycles. The molecule has 1 aliphatic carbocycles. The Morgan fingerprint density at radius 3 is 1.97 bits per heavy atom. The van der Waals surface area contributed by atoms with Gasteiger partial charge in [0.1, 0.15) is 44.2 Å². The third kappa shape index (κ3) is 4.30. The molecule has 5 fully saturated rings. The molecule has 0 N–H and O–H groups in total. The number of methoxy groups -OCH3 is 2. The smallest absolute Gasteiger partial charge is 0.144 e. The lowest BCUT2D eigenvalue weighted by atomic mass is 10.00. The molecule has 4 heterocycles. The molecule has 5 aliphatic rings. The SMILES string of the molecule is COCC1(OP(C)(=O)[O-])[C@H]2C3OC[C@]21O[C@H]3C.COC[C@]12CO[C@@H](C1OP(C)(=O)[O-])[C@H](C)O2. The summed E-state index contributed by atoms with van der Waals surface area (Å²) in [7, 11) is -4.57. The molecule has 0 aromatic carbocycles. The molecule has 0 amide bonds. The molecule has 11 atom stereocenters. The van der Waals surface area contributed by atoms with Crippen molar-refractivity contribution in [2.75, 3.05) is 54.0 Å². The Balaban J connectivity index is 0.000000157. The van der Waals surface area contributed by atoms with Gasteiger partial charge in [-0.05, 0) is 13.8 Å². The van der Waals surface area contributed by atoms with E-state index in [9.17, 15) is 18.9 Å². The summed E-state index contributed by atoms with van der Waals surface area (Å²) >= 11 is 0. The Bertz CT molecular complexity index is 845. The van der Waals surface area contributed by atoms with Gasteiger partial charge >= 0.3 is 0 Å². The van der Waals surface area contributed by atoms with E-state index in [-0.39, 0.29) is 43.5 Å². The molecule has 4 saturated heterocycles. The van der Waals surface area contributed by atoms with Gasteiger partial charge in [-0.2, -0.15) is 0 Å². The molecule has 33 heavy (non-hydrogen) atoms. The number of ether oxygens (including phenoxy) is 6. The van der Waals surface area contributed by atoms with Gasteiger partial charge in [-0.1, -0.05) is 0 Å². The van der Waals surface area contributed by atoms with Crippen LogP contribution in [0.1, 0.15) is 13.8 Å². The number of rotatable bonds is 8. The zero-order valence-electron chi connectivity index (χ0n) is 19.6. The van der Waals surface area contributed by atoms with Crippen molar-refractivity contribution in [2.24, 2.45) is 5.92 Å². The van der Waals surface area contributed by atoms with E-state index in [4.69, 9.17) is 37.5 Å². The number of fused-ring (bicyclic) bond motifs is 2. The summed E-state index contributed by atoms with van der Waals surface area (Å²) in [6.07, 6.45) is -1.21. The van der Waals surface area contributed by atoms with Gasteiger partial charge in [0.25, 0.3) is 0 Å². The normalized spacial score (nSPS) is 50.3. The molecule has 0 aromatic rings. The van der Waals surface area contributed by atoms with Crippen LogP contribution >= 0.6 is 15.2 Å². The first-order valence-electron chi connectivity index (χ1n) is 10.8. The van der Waals surface area contributed by atoms with Crippen molar-refractivity contribution >= 4 is 15.2 Å². The largest absolute Gasteiger partial charge is 0.779 e. The van der Waals surface area contributed by atoms with Crippen molar-refractivity contribution in [1.29, 1.82) is 0 Å². The predicted octanol–water partition coefficient (Wildman–Crippen LogP) is -0.485. The van der Waals surface area contributed by atoms with Crippen molar-refractivity contribution < 1.29 is 56.4 Å². The maximum Gasteiger partial charge on any atom is 0.144 e. The highest BCUT2D eigenvalue weighted by molar-refractivity contribution is 7.50. The van der Waals surface area contributed by atoms with Gasteiger partial charge in [0.2, 0.25) is 0 Å². The third-order valence-corrected chi connectivity index (χ3v) is 8.18. The zero-order valence-corrected chi connectivity index (χ0v) is 21.4. The van der Waals surface area contributed by atoms with Crippen LogP contribution in [0.25, 0.3) is 0 Å². The second-order valence-corrected chi connectivity index (χ2v) is 13.0. The Morgan fingerprint density at radius 2 is 1.52 bits per heavy atom.